The fraction of sp³-hybridized carbons (Fsp3) is 0.500. The smallest absolute Gasteiger partial charge is 0.440 e. The van der Waals surface area contributed by atoms with E-state index in [-0.39, 0.29) is 17.1 Å². The summed E-state index contributed by atoms with van der Waals surface area (Å²) in [5.41, 5.74) is 4.62. The van der Waals surface area contributed by atoms with Crippen molar-refractivity contribution in [2.75, 3.05) is 19.4 Å². The van der Waals surface area contributed by atoms with Gasteiger partial charge in [-0.3, -0.25) is 18.9 Å². The number of phosphoric ester groups is 1. The van der Waals surface area contributed by atoms with Gasteiger partial charge in [0.25, 0.3) is 5.56 Å². The maximum atomic E-state index is 12.0. The number of ether oxygens (including phenoxy) is 2. The van der Waals surface area contributed by atoms with Crippen molar-refractivity contribution in [2.45, 2.75) is 24.5 Å². The van der Waals surface area contributed by atoms with Gasteiger partial charge in [0.1, 0.15) is 12.2 Å². The van der Waals surface area contributed by atoms with Crippen molar-refractivity contribution < 1.29 is 52.0 Å². The Morgan fingerprint density at radius 1 is 1.41 bits per heavy atom. The van der Waals surface area contributed by atoms with Crippen LogP contribution in [0.25, 0.3) is 11.2 Å². The number of phosphoric acid groups is 2. The molecule has 5 atom stereocenters. The number of anilines is 1. The van der Waals surface area contributed by atoms with E-state index in [1.165, 1.54) is 7.05 Å². The number of H-pyrrole nitrogens is 1. The standard InChI is InChI=1S/C12H18N6O12P2/c1-14-12(21)29-7-4(2-27-32(25,26)30-31(22,23)24)28-10(6(7)19)18-3-15-5-8(18)16-11(13)17-9(5)20/h3-4,6-7,10,19H,2H2,1H3,(H,14,21)(H,25,26)(H2,22,23,24)(H3,13,16,17,20)/t4-,6-,7-,10-/m1/s1. The van der Waals surface area contributed by atoms with E-state index in [4.69, 9.17) is 25.0 Å². The Balaban J connectivity index is 1.89. The third kappa shape index (κ3) is 5.32. The number of alkyl carbamates (subject to hydrolysis) is 1. The second-order valence-corrected chi connectivity index (χ2v) is 9.12. The molecular weight excluding hydrogens is 482 g/mol. The molecule has 0 bridgehead atoms. The molecule has 1 fully saturated rings. The number of aromatic amines is 1. The van der Waals surface area contributed by atoms with Crippen molar-refractivity contribution in [2.24, 2.45) is 0 Å². The zero-order valence-electron chi connectivity index (χ0n) is 16.0. The molecule has 8 N–H and O–H groups in total. The summed E-state index contributed by atoms with van der Waals surface area (Å²) in [4.78, 5) is 60.4. The van der Waals surface area contributed by atoms with Gasteiger partial charge in [0.15, 0.2) is 23.5 Å². The summed E-state index contributed by atoms with van der Waals surface area (Å²) < 4.78 is 42.4. The average molecular weight is 500 g/mol. The molecule has 0 saturated carbocycles. The minimum atomic E-state index is -5.38. The number of hydrogen-bond donors (Lipinski definition) is 7. The molecule has 2 aromatic rings. The number of imidazole rings is 1. The van der Waals surface area contributed by atoms with E-state index >= 15 is 0 Å². The van der Waals surface area contributed by atoms with Crippen LogP contribution >= 0.6 is 15.6 Å². The molecule has 0 aliphatic carbocycles. The van der Waals surface area contributed by atoms with Crippen molar-refractivity contribution in [3.8, 4) is 0 Å². The highest BCUT2D eigenvalue weighted by atomic mass is 31.3. The molecule has 3 rings (SSSR count). The first-order valence-electron chi connectivity index (χ1n) is 8.50. The van der Waals surface area contributed by atoms with Crippen LogP contribution in [0.5, 0.6) is 0 Å². The van der Waals surface area contributed by atoms with Crippen molar-refractivity contribution in [3.63, 3.8) is 0 Å². The molecule has 1 saturated heterocycles. The average Bonchev–Trinajstić information content (AvgIpc) is 3.20. The van der Waals surface area contributed by atoms with Crippen LogP contribution in [-0.4, -0.2) is 77.4 Å². The summed E-state index contributed by atoms with van der Waals surface area (Å²) in [7, 11) is -9.41. The van der Waals surface area contributed by atoms with Crippen LogP contribution in [0, 0.1) is 0 Å². The predicted octanol–water partition coefficient (Wildman–Crippen LogP) is -2.09. The molecule has 1 aliphatic heterocycles. The third-order valence-corrected chi connectivity index (χ3v) is 6.24. The third-order valence-electron chi connectivity index (χ3n) is 4.09. The first-order valence-corrected chi connectivity index (χ1v) is 11.5. The fourth-order valence-corrected chi connectivity index (χ4v) is 4.47. The van der Waals surface area contributed by atoms with Gasteiger partial charge in [-0.25, -0.2) is 18.9 Å². The van der Waals surface area contributed by atoms with E-state index in [1.807, 2.05) is 0 Å². The Morgan fingerprint density at radius 2 is 2.09 bits per heavy atom. The number of aromatic nitrogens is 4. The second-order valence-electron chi connectivity index (χ2n) is 6.29. The largest absolute Gasteiger partial charge is 0.481 e. The van der Waals surface area contributed by atoms with Crippen LogP contribution in [0.15, 0.2) is 11.1 Å². The van der Waals surface area contributed by atoms with Gasteiger partial charge in [-0.15, -0.1) is 0 Å². The van der Waals surface area contributed by atoms with Crippen LogP contribution in [0.1, 0.15) is 6.23 Å². The molecule has 1 amide bonds. The number of rotatable bonds is 7. The van der Waals surface area contributed by atoms with E-state index in [0.717, 1.165) is 10.9 Å². The predicted molar refractivity (Wildman–Crippen MR) is 101 cm³/mol. The minimum absolute atomic E-state index is 0.0896. The molecule has 2 aromatic heterocycles. The normalized spacial score (nSPS) is 25.5. The van der Waals surface area contributed by atoms with Crippen LogP contribution in [0.2, 0.25) is 0 Å². The number of nitrogens with zero attached hydrogens (tertiary/aromatic N) is 3. The highest BCUT2D eigenvalue weighted by Gasteiger charge is 2.49. The Hall–Kier alpha value is -2.40. The maximum absolute atomic E-state index is 12.0. The topological polar surface area (TPSA) is 271 Å². The van der Waals surface area contributed by atoms with Gasteiger partial charge in [-0.05, 0) is 0 Å². The van der Waals surface area contributed by atoms with Gasteiger partial charge in [0.05, 0.1) is 12.9 Å². The summed E-state index contributed by atoms with van der Waals surface area (Å²) in [6.07, 6.45) is -5.89. The Morgan fingerprint density at radius 3 is 2.72 bits per heavy atom. The summed E-state index contributed by atoms with van der Waals surface area (Å²) in [6, 6.07) is 0. The summed E-state index contributed by atoms with van der Waals surface area (Å²) in [5, 5.41) is 12.8. The number of fused-ring (bicyclic) bond motifs is 1. The van der Waals surface area contributed by atoms with E-state index < -0.39 is 58.4 Å². The number of aliphatic hydroxyl groups excluding tert-OH is 1. The number of carbonyl (C=O) groups excluding carboxylic acids is 1. The molecule has 1 unspecified atom stereocenters. The van der Waals surface area contributed by atoms with Gasteiger partial charge in [-0.1, -0.05) is 0 Å². The molecule has 0 aromatic carbocycles. The molecule has 32 heavy (non-hydrogen) atoms. The summed E-state index contributed by atoms with van der Waals surface area (Å²) >= 11 is 0. The second kappa shape index (κ2) is 8.86. The molecule has 0 radical (unpaired) electrons. The monoisotopic (exact) mass is 500 g/mol. The van der Waals surface area contributed by atoms with Gasteiger partial charge < -0.3 is 40.3 Å². The van der Waals surface area contributed by atoms with Crippen molar-refractivity contribution in [1.82, 2.24) is 24.8 Å². The van der Waals surface area contributed by atoms with E-state index in [0.29, 0.717) is 0 Å². The zero-order valence-corrected chi connectivity index (χ0v) is 17.8. The maximum Gasteiger partial charge on any atom is 0.481 e. The van der Waals surface area contributed by atoms with E-state index in [2.05, 4.69) is 29.1 Å². The summed E-state index contributed by atoms with van der Waals surface area (Å²) in [5.74, 6) is -0.259. The highest BCUT2D eigenvalue weighted by Crippen LogP contribution is 2.57. The lowest BCUT2D eigenvalue weighted by molar-refractivity contribution is -0.0508. The fourth-order valence-electron chi connectivity index (χ4n) is 2.87. The molecular formula is C12H18N6O12P2. The first kappa shape index (κ1) is 24.2. The number of nitrogens with two attached hydrogens (primary N) is 1. The quantitative estimate of drug-likeness (QED) is 0.201. The van der Waals surface area contributed by atoms with E-state index in [1.54, 1.807) is 0 Å². The zero-order chi connectivity index (χ0) is 23.8. The molecule has 3 heterocycles. The molecule has 20 heteroatoms. The van der Waals surface area contributed by atoms with Crippen LogP contribution in [-0.2, 0) is 27.4 Å². The Labute approximate surface area is 177 Å². The lowest BCUT2D eigenvalue weighted by atomic mass is 10.1. The number of carbonyl (C=O) groups is 1. The Kier molecular flexibility index (Phi) is 6.71. The molecule has 0 spiro atoms. The SMILES string of the molecule is CNC(=O)O[C@H]1[C@@H](O)[C@H](n2cnc3c(=O)[nH]c(N)nc32)O[C@@H]1COP(=O)(O)OP(=O)(O)O. The number of aliphatic hydroxyl groups is 1. The lowest BCUT2D eigenvalue weighted by Crippen LogP contribution is -2.40. The van der Waals surface area contributed by atoms with Crippen LogP contribution < -0.4 is 16.6 Å². The van der Waals surface area contributed by atoms with Gasteiger partial charge in [0.2, 0.25) is 5.95 Å². The Bertz CT molecular complexity index is 1160. The molecule has 1 aliphatic rings. The number of hydrogen-bond acceptors (Lipinski definition) is 12. The van der Waals surface area contributed by atoms with Crippen LogP contribution in [0.3, 0.4) is 0 Å². The van der Waals surface area contributed by atoms with Gasteiger partial charge >= 0.3 is 21.7 Å². The van der Waals surface area contributed by atoms with Crippen LogP contribution in [0.4, 0.5) is 10.7 Å². The van der Waals surface area contributed by atoms with Crippen molar-refractivity contribution in [1.29, 1.82) is 0 Å². The number of nitrogen functional groups attached to an aromatic ring is 1. The minimum Gasteiger partial charge on any atom is -0.440 e. The number of amides is 1. The number of nitrogens with one attached hydrogen (secondary N) is 2. The first-order chi connectivity index (χ1) is 14.8. The van der Waals surface area contributed by atoms with Crippen molar-refractivity contribution >= 4 is 38.9 Å². The van der Waals surface area contributed by atoms with Gasteiger partial charge in [-0.2, -0.15) is 9.29 Å². The van der Waals surface area contributed by atoms with E-state index in [9.17, 15) is 28.7 Å². The summed E-state index contributed by atoms with van der Waals surface area (Å²) in [6.45, 7) is -0.911. The molecule has 178 valence electrons. The van der Waals surface area contributed by atoms with Crippen molar-refractivity contribution in [3.05, 3.63) is 16.7 Å². The highest BCUT2D eigenvalue weighted by molar-refractivity contribution is 7.60. The molecule has 18 nitrogen and oxygen atoms in total. The van der Waals surface area contributed by atoms with Gasteiger partial charge in [0, 0.05) is 7.05 Å². The lowest BCUT2D eigenvalue weighted by Gasteiger charge is -2.21.